The van der Waals surface area contributed by atoms with Crippen molar-refractivity contribution in [2.75, 3.05) is 25.4 Å². The number of guanidine groups is 1. The fourth-order valence-corrected chi connectivity index (χ4v) is 4.00. The number of nitrogens with zero attached hydrogens (tertiary/aromatic N) is 1. The van der Waals surface area contributed by atoms with Gasteiger partial charge in [0, 0.05) is 25.6 Å². The van der Waals surface area contributed by atoms with Crippen LogP contribution in [0.4, 0.5) is 0 Å². The highest BCUT2D eigenvalue weighted by atomic mass is 127. The first kappa shape index (κ1) is 24.4. The van der Waals surface area contributed by atoms with Gasteiger partial charge in [0.25, 0.3) is 0 Å². The van der Waals surface area contributed by atoms with Crippen LogP contribution in [0.5, 0.6) is 0 Å². The summed E-state index contributed by atoms with van der Waals surface area (Å²) in [7, 11) is -3.23. The van der Waals surface area contributed by atoms with Crippen LogP contribution in [0, 0.1) is 0 Å². The minimum atomic E-state index is -3.23. The number of hydrogen-bond donors (Lipinski definition) is 2. The fraction of sp³-hybridized carbons (Fsp3) is 0.381. The van der Waals surface area contributed by atoms with Crippen LogP contribution in [0.3, 0.4) is 0 Å². The Morgan fingerprint density at radius 1 is 1.00 bits per heavy atom. The fourth-order valence-electron chi connectivity index (χ4n) is 2.67. The average molecular weight is 515 g/mol. The molecule has 1 atom stereocenters. The average Bonchev–Trinajstić information content (AvgIpc) is 2.70. The summed E-state index contributed by atoms with van der Waals surface area (Å²) < 4.78 is 24.6. The van der Waals surface area contributed by atoms with E-state index in [2.05, 4.69) is 34.7 Å². The molecule has 2 N–H and O–H groups in total. The van der Waals surface area contributed by atoms with E-state index in [1.54, 1.807) is 24.3 Å². The Balaban J connectivity index is 0.00000392. The quantitative estimate of drug-likeness (QED) is 0.231. The lowest BCUT2D eigenvalue weighted by Crippen LogP contribution is -2.38. The molecular formula is C21H30IN3O2S. The molecular weight excluding hydrogens is 485 g/mol. The zero-order valence-electron chi connectivity index (χ0n) is 16.5. The molecule has 0 radical (unpaired) electrons. The predicted octanol–water partition coefficient (Wildman–Crippen LogP) is 3.83. The van der Waals surface area contributed by atoms with Crippen molar-refractivity contribution in [3.05, 3.63) is 66.2 Å². The Morgan fingerprint density at radius 2 is 1.61 bits per heavy atom. The third-order valence-corrected chi connectivity index (χ3v) is 6.04. The summed E-state index contributed by atoms with van der Waals surface area (Å²) in [5.41, 5.74) is 1.26. The van der Waals surface area contributed by atoms with Crippen LogP contribution >= 0.6 is 24.0 Å². The summed E-state index contributed by atoms with van der Waals surface area (Å²) in [6, 6.07) is 18.9. The van der Waals surface area contributed by atoms with E-state index in [-0.39, 0.29) is 29.7 Å². The smallest absolute Gasteiger partial charge is 0.191 e. The standard InChI is InChI=1S/C21H29N3O2S.HI/c1-3-22-21(24-17-18(2)19-11-6-4-7-12-19)23-15-10-16-27(25,26)20-13-8-5-9-14-20;/h4-9,11-14,18H,3,10,15-17H2,1-2H3,(H2,22,23,24);1H. The number of halogens is 1. The Labute approximate surface area is 186 Å². The number of rotatable bonds is 9. The number of nitrogens with one attached hydrogen (secondary N) is 2. The van der Waals surface area contributed by atoms with Gasteiger partial charge >= 0.3 is 0 Å². The highest BCUT2D eigenvalue weighted by molar-refractivity contribution is 14.0. The van der Waals surface area contributed by atoms with Crippen LogP contribution in [-0.2, 0) is 9.84 Å². The van der Waals surface area contributed by atoms with Crippen molar-refractivity contribution in [2.24, 2.45) is 4.99 Å². The summed E-state index contributed by atoms with van der Waals surface area (Å²) in [6.07, 6.45) is 0.524. The van der Waals surface area contributed by atoms with Crippen molar-refractivity contribution in [1.82, 2.24) is 10.6 Å². The molecule has 0 fully saturated rings. The molecule has 0 saturated heterocycles. The van der Waals surface area contributed by atoms with Crippen molar-refractivity contribution >= 4 is 39.8 Å². The van der Waals surface area contributed by atoms with Gasteiger partial charge in [0.05, 0.1) is 10.6 Å². The summed E-state index contributed by atoms with van der Waals surface area (Å²) in [6.45, 7) is 6.14. The van der Waals surface area contributed by atoms with Gasteiger partial charge in [-0.25, -0.2) is 8.42 Å². The van der Waals surface area contributed by atoms with Gasteiger partial charge in [0.15, 0.2) is 15.8 Å². The Morgan fingerprint density at radius 3 is 2.21 bits per heavy atom. The molecule has 1 unspecified atom stereocenters. The maximum Gasteiger partial charge on any atom is 0.191 e. The topological polar surface area (TPSA) is 70.6 Å². The zero-order chi connectivity index (χ0) is 19.5. The molecule has 0 aliphatic rings. The number of sulfone groups is 1. The van der Waals surface area contributed by atoms with E-state index in [1.807, 2.05) is 31.2 Å². The Hall–Kier alpha value is -1.61. The minimum absolute atomic E-state index is 0. The third-order valence-electron chi connectivity index (χ3n) is 4.22. The van der Waals surface area contributed by atoms with Gasteiger partial charge in [-0.2, -0.15) is 0 Å². The van der Waals surface area contributed by atoms with E-state index in [0.717, 1.165) is 12.5 Å². The number of aliphatic imine (C=N–C) groups is 1. The van der Waals surface area contributed by atoms with E-state index >= 15 is 0 Å². The molecule has 0 aromatic heterocycles. The van der Waals surface area contributed by atoms with Crippen molar-refractivity contribution in [3.63, 3.8) is 0 Å². The zero-order valence-corrected chi connectivity index (χ0v) is 19.6. The van der Waals surface area contributed by atoms with Crippen LogP contribution in [0.25, 0.3) is 0 Å². The maximum atomic E-state index is 12.3. The molecule has 2 aromatic rings. The molecule has 2 aromatic carbocycles. The molecule has 154 valence electrons. The second-order valence-corrected chi connectivity index (χ2v) is 8.55. The number of hydrogen-bond acceptors (Lipinski definition) is 3. The lowest BCUT2D eigenvalue weighted by atomic mass is 10.0. The van der Waals surface area contributed by atoms with Gasteiger partial charge in [-0.05, 0) is 31.0 Å². The normalized spacial score (nSPS) is 12.7. The molecule has 0 spiro atoms. The molecule has 0 bridgehead atoms. The van der Waals surface area contributed by atoms with E-state index in [0.29, 0.717) is 30.3 Å². The summed E-state index contributed by atoms with van der Waals surface area (Å²) in [5.74, 6) is 1.15. The first-order chi connectivity index (χ1) is 13.0. The first-order valence-corrected chi connectivity index (χ1v) is 11.0. The second-order valence-electron chi connectivity index (χ2n) is 6.44. The first-order valence-electron chi connectivity index (χ1n) is 9.38. The predicted molar refractivity (Wildman–Crippen MR) is 127 cm³/mol. The lowest BCUT2D eigenvalue weighted by Gasteiger charge is -2.14. The van der Waals surface area contributed by atoms with Crippen LogP contribution < -0.4 is 10.6 Å². The van der Waals surface area contributed by atoms with Gasteiger partial charge in [-0.1, -0.05) is 55.5 Å². The molecule has 2 rings (SSSR count). The summed E-state index contributed by atoms with van der Waals surface area (Å²) >= 11 is 0. The Bertz CT molecular complexity index is 812. The van der Waals surface area contributed by atoms with Crippen LogP contribution in [-0.4, -0.2) is 39.8 Å². The highest BCUT2D eigenvalue weighted by Crippen LogP contribution is 2.14. The van der Waals surface area contributed by atoms with Crippen molar-refractivity contribution < 1.29 is 8.42 Å². The second kappa shape index (κ2) is 12.8. The molecule has 0 amide bonds. The van der Waals surface area contributed by atoms with E-state index in [1.165, 1.54) is 5.56 Å². The van der Waals surface area contributed by atoms with Crippen LogP contribution in [0.2, 0.25) is 0 Å². The van der Waals surface area contributed by atoms with E-state index in [9.17, 15) is 8.42 Å². The molecule has 5 nitrogen and oxygen atoms in total. The van der Waals surface area contributed by atoms with E-state index in [4.69, 9.17) is 0 Å². The molecule has 0 heterocycles. The van der Waals surface area contributed by atoms with Gasteiger partial charge in [0.1, 0.15) is 0 Å². The van der Waals surface area contributed by atoms with Gasteiger partial charge in [-0.3, -0.25) is 4.99 Å². The summed E-state index contributed by atoms with van der Waals surface area (Å²) in [4.78, 5) is 5.00. The molecule has 7 heteroatoms. The van der Waals surface area contributed by atoms with Gasteiger partial charge < -0.3 is 10.6 Å². The number of benzene rings is 2. The lowest BCUT2D eigenvalue weighted by molar-refractivity contribution is 0.592. The van der Waals surface area contributed by atoms with Crippen molar-refractivity contribution in [2.45, 2.75) is 31.1 Å². The van der Waals surface area contributed by atoms with Crippen molar-refractivity contribution in [1.29, 1.82) is 0 Å². The van der Waals surface area contributed by atoms with Gasteiger partial charge in [0.2, 0.25) is 0 Å². The summed E-state index contributed by atoms with van der Waals surface area (Å²) in [5, 5.41) is 6.43. The highest BCUT2D eigenvalue weighted by Gasteiger charge is 2.13. The Kier molecular flexibility index (Phi) is 11.1. The molecule has 28 heavy (non-hydrogen) atoms. The van der Waals surface area contributed by atoms with E-state index < -0.39 is 9.84 Å². The molecule has 0 aliphatic heterocycles. The van der Waals surface area contributed by atoms with Gasteiger partial charge in [-0.15, -0.1) is 24.0 Å². The third kappa shape index (κ3) is 8.18. The monoisotopic (exact) mass is 515 g/mol. The molecule has 0 aliphatic carbocycles. The molecule has 0 saturated carbocycles. The largest absolute Gasteiger partial charge is 0.357 e. The SMILES string of the molecule is CCNC(=NCC(C)c1ccccc1)NCCCS(=O)(=O)c1ccccc1.I. The van der Waals surface area contributed by atoms with Crippen LogP contribution in [0.15, 0.2) is 70.6 Å². The minimum Gasteiger partial charge on any atom is -0.357 e. The maximum absolute atomic E-state index is 12.3. The van der Waals surface area contributed by atoms with Crippen molar-refractivity contribution in [3.8, 4) is 0 Å². The van der Waals surface area contributed by atoms with Crippen LogP contribution in [0.1, 0.15) is 31.7 Å².